The summed E-state index contributed by atoms with van der Waals surface area (Å²) in [5.41, 5.74) is 3.97. The van der Waals surface area contributed by atoms with E-state index in [2.05, 4.69) is 9.97 Å². The summed E-state index contributed by atoms with van der Waals surface area (Å²) >= 11 is 0. The number of ether oxygens (including phenoxy) is 1. The van der Waals surface area contributed by atoms with Crippen molar-refractivity contribution in [3.8, 4) is 0 Å². The lowest BCUT2D eigenvalue weighted by Gasteiger charge is -2.30. The molecule has 0 radical (unpaired) electrons. The quantitative estimate of drug-likeness (QED) is 0.836. The molecule has 1 aliphatic carbocycles. The van der Waals surface area contributed by atoms with E-state index in [9.17, 15) is 9.59 Å². The van der Waals surface area contributed by atoms with E-state index < -0.39 is 0 Å². The topological polar surface area (TPSA) is 83.5 Å². The predicted octanol–water partition coefficient (Wildman–Crippen LogP) is 0.952. The predicted molar refractivity (Wildman–Crippen MR) is 106 cm³/mol. The highest BCUT2D eigenvalue weighted by molar-refractivity contribution is 5.94. The van der Waals surface area contributed by atoms with Gasteiger partial charge in [0.1, 0.15) is 5.69 Å². The monoisotopic (exact) mass is 397 g/mol. The third kappa shape index (κ3) is 3.35. The summed E-state index contributed by atoms with van der Waals surface area (Å²) in [6, 6.07) is 2.00. The Morgan fingerprint density at radius 2 is 2.00 bits per heavy atom. The molecule has 2 aliphatic heterocycles. The molecule has 2 aromatic rings. The van der Waals surface area contributed by atoms with Crippen molar-refractivity contribution in [2.24, 2.45) is 13.0 Å². The summed E-state index contributed by atoms with van der Waals surface area (Å²) in [5, 5.41) is 0. The second-order valence-corrected chi connectivity index (χ2v) is 8.37. The average molecular weight is 397 g/mol. The molecule has 2 atom stereocenters. The number of aromatic amines is 1. The second kappa shape index (κ2) is 7.33. The van der Waals surface area contributed by atoms with Crippen LogP contribution in [0.3, 0.4) is 0 Å². The number of aromatic nitrogens is 3. The van der Waals surface area contributed by atoms with Gasteiger partial charge in [-0.25, -0.2) is 4.98 Å². The van der Waals surface area contributed by atoms with E-state index in [4.69, 9.17) is 4.74 Å². The highest BCUT2D eigenvalue weighted by atomic mass is 16.5. The minimum absolute atomic E-state index is 0.0161. The number of H-pyrrole nitrogens is 1. The highest BCUT2D eigenvalue weighted by Gasteiger charge is 2.43. The van der Waals surface area contributed by atoms with E-state index in [1.807, 2.05) is 33.7 Å². The summed E-state index contributed by atoms with van der Waals surface area (Å²) in [5.74, 6) is -0.267. The molecule has 29 heavy (non-hydrogen) atoms. The van der Waals surface area contributed by atoms with Gasteiger partial charge in [0, 0.05) is 51.0 Å². The number of fused-ring (bicyclic) bond motifs is 1. The standard InChI is InChI=1S/C21H27N5O3/c1-24-12-19(22-13-24)15-10-26(11-16(15)20(27)25-5-7-29-8-6-25)21(28)18-9-14-3-2-4-17(14)23-18/h9,12-13,15-16,23H,2-8,10-11H2,1H3/t15-,16-/m1/s1. The minimum Gasteiger partial charge on any atom is -0.378 e. The molecule has 2 fully saturated rings. The Labute approximate surface area is 169 Å². The Bertz CT molecular complexity index is 905. The molecule has 0 saturated carbocycles. The Kier molecular flexibility index (Phi) is 4.66. The lowest BCUT2D eigenvalue weighted by atomic mass is 9.92. The Hall–Kier alpha value is -2.61. The Morgan fingerprint density at radius 3 is 2.72 bits per heavy atom. The molecule has 0 aromatic carbocycles. The van der Waals surface area contributed by atoms with Gasteiger partial charge in [-0.05, 0) is 30.9 Å². The van der Waals surface area contributed by atoms with Gasteiger partial charge >= 0.3 is 0 Å². The van der Waals surface area contributed by atoms with Crippen LogP contribution in [0.4, 0.5) is 0 Å². The Morgan fingerprint density at radius 1 is 1.17 bits per heavy atom. The maximum absolute atomic E-state index is 13.3. The van der Waals surface area contributed by atoms with Crippen LogP contribution in [0.25, 0.3) is 0 Å². The van der Waals surface area contributed by atoms with Gasteiger partial charge in [-0.3, -0.25) is 9.59 Å². The second-order valence-electron chi connectivity index (χ2n) is 8.37. The fourth-order valence-corrected chi connectivity index (χ4v) is 4.89. The van der Waals surface area contributed by atoms with Crippen molar-refractivity contribution in [3.63, 3.8) is 0 Å². The van der Waals surface area contributed by atoms with Gasteiger partial charge in [0.25, 0.3) is 5.91 Å². The zero-order chi connectivity index (χ0) is 20.0. The number of amides is 2. The highest BCUT2D eigenvalue weighted by Crippen LogP contribution is 2.34. The number of carbonyl (C=O) groups is 2. The fraction of sp³-hybridized carbons (Fsp3) is 0.571. The van der Waals surface area contributed by atoms with Crippen molar-refractivity contribution in [3.05, 3.63) is 41.2 Å². The van der Waals surface area contributed by atoms with Crippen LogP contribution in [-0.2, 0) is 29.4 Å². The largest absolute Gasteiger partial charge is 0.378 e. The van der Waals surface area contributed by atoms with Crippen molar-refractivity contribution in [1.82, 2.24) is 24.3 Å². The van der Waals surface area contributed by atoms with E-state index in [-0.39, 0.29) is 23.7 Å². The number of likely N-dealkylation sites (tertiary alicyclic amines) is 1. The number of nitrogens with zero attached hydrogens (tertiary/aromatic N) is 4. The zero-order valence-electron chi connectivity index (χ0n) is 16.8. The molecule has 8 heteroatoms. The van der Waals surface area contributed by atoms with Crippen LogP contribution in [0.2, 0.25) is 0 Å². The van der Waals surface area contributed by atoms with Crippen LogP contribution >= 0.6 is 0 Å². The van der Waals surface area contributed by atoms with Crippen LogP contribution < -0.4 is 0 Å². The molecule has 2 amide bonds. The molecular formula is C21H27N5O3. The molecule has 8 nitrogen and oxygen atoms in total. The number of carbonyl (C=O) groups excluding carboxylic acids is 2. The zero-order valence-corrected chi connectivity index (χ0v) is 16.8. The number of hydrogen-bond acceptors (Lipinski definition) is 4. The van der Waals surface area contributed by atoms with Crippen molar-refractivity contribution < 1.29 is 14.3 Å². The molecule has 5 rings (SSSR count). The SMILES string of the molecule is Cn1cnc([C@@H]2CN(C(=O)c3cc4c([nH]3)CCC4)C[C@H]2C(=O)N2CCOCC2)c1. The molecule has 0 bridgehead atoms. The number of rotatable bonds is 3. The smallest absolute Gasteiger partial charge is 0.270 e. The van der Waals surface area contributed by atoms with Crippen molar-refractivity contribution in [2.45, 2.75) is 25.2 Å². The summed E-state index contributed by atoms with van der Waals surface area (Å²) in [4.78, 5) is 38.0. The van der Waals surface area contributed by atoms with E-state index in [0.29, 0.717) is 45.1 Å². The summed E-state index contributed by atoms with van der Waals surface area (Å²) in [7, 11) is 1.92. The normalized spacial score (nSPS) is 24.2. The number of morpholine rings is 1. The minimum atomic E-state index is -0.270. The first kappa shape index (κ1) is 18.4. The van der Waals surface area contributed by atoms with Crippen LogP contribution in [-0.4, -0.2) is 75.5 Å². The third-order valence-electron chi connectivity index (χ3n) is 6.45. The molecule has 1 N–H and O–H groups in total. The fourth-order valence-electron chi connectivity index (χ4n) is 4.89. The molecule has 3 aliphatic rings. The number of aryl methyl sites for hydroxylation is 3. The number of nitrogens with one attached hydrogen (secondary N) is 1. The number of hydrogen-bond donors (Lipinski definition) is 1. The van der Waals surface area contributed by atoms with Gasteiger partial charge in [-0.2, -0.15) is 0 Å². The maximum Gasteiger partial charge on any atom is 0.270 e. The lowest BCUT2D eigenvalue weighted by Crippen LogP contribution is -2.45. The summed E-state index contributed by atoms with van der Waals surface area (Å²) in [6.07, 6.45) is 6.91. The molecule has 2 saturated heterocycles. The third-order valence-corrected chi connectivity index (χ3v) is 6.45. The van der Waals surface area contributed by atoms with Crippen molar-refractivity contribution in [1.29, 1.82) is 0 Å². The first-order chi connectivity index (χ1) is 14.1. The van der Waals surface area contributed by atoms with Crippen molar-refractivity contribution >= 4 is 11.8 Å². The molecule has 0 unspecified atom stereocenters. The summed E-state index contributed by atoms with van der Waals surface area (Å²) < 4.78 is 7.29. The molecule has 0 spiro atoms. The van der Waals surface area contributed by atoms with Gasteiger partial charge in [0.2, 0.25) is 5.91 Å². The maximum atomic E-state index is 13.3. The van der Waals surface area contributed by atoms with E-state index >= 15 is 0 Å². The average Bonchev–Trinajstić information content (AvgIpc) is 3.50. The Balaban J connectivity index is 1.39. The van der Waals surface area contributed by atoms with E-state index in [0.717, 1.165) is 25.0 Å². The van der Waals surface area contributed by atoms with Crippen LogP contribution in [0.5, 0.6) is 0 Å². The first-order valence-corrected chi connectivity index (χ1v) is 10.4. The van der Waals surface area contributed by atoms with Crippen LogP contribution in [0.1, 0.15) is 39.8 Å². The molecular weight excluding hydrogens is 370 g/mol. The van der Waals surface area contributed by atoms with Crippen LogP contribution in [0, 0.1) is 5.92 Å². The molecule has 2 aromatic heterocycles. The number of imidazole rings is 1. The van der Waals surface area contributed by atoms with Crippen LogP contribution in [0.15, 0.2) is 18.6 Å². The van der Waals surface area contributed by atoms with Gasteiger partial charge in [0.05, 0.1) is 31.2 Å². The first-order valence-electron chi connectivity index (χ1n) is 10.4. The van der Waals surface area contributed by atoms with Gasteiger partial charge in [0.15, 0.2) is 0 Å². The van der Waals surface area contributed by atoms with Gasteiger partial charge in [-0.1, -0.05) is 0 Å². The molecule has 154 valence electrons. The lowest BCUT2D eigenvalue weighted by molar-refractivity contribution is -0.139. The van der Waals surface area contributed by atoms with E-state index in [1.54, 1.807) is 6.33 Å². The van der Waals surface area contributed by atoms with E-state index in [1.165, 1.54) is 11.3 Å². The van der Waals surface area contributed by atoms with Crippen molar-refractivity contribution in [2.75, 3.05) is 39.4 Å². The van der Waals surface area contributed by atoms with Gasteiger partial charge in [-0.15, -0.1) is 0 Å². The van der Waals surface area contributed by atoms with Gasteiger partial charge < -0.3 is 24.1 Å². The summed E-state index contributed by atoms with van der Waals surface area (Å²) in [6.45, 7) is 3.32. The molecule has 4 heterocycles.